The lowest BCUT2D eigenvalue weighted by Crippen LogP contribution is -2.00. The van der Waals surface area contributed by atoms with E-state index in [1.54, 1.807) is 6.92 Å². The van der Waals surface area contributed by atoms with Crippen LogP contribution in [0.15, 0.2) is 17.2 Å². The van der Waals surface area contributed by atoms with Crippen LogP contribution in [0.3, 0.4) is 0 Å². The minimum atomic E-state index is -3.23. The molecule has 1 aromatic rings. The normalized spacial score (nSPS) is 11.5. The monoisotopic (exact) mass is 201 g/mol. The molecule has 1 rings (SSSR count). The van der Waals surface area contributed by atoms with Gasteiger partial charge in [-0.15, -0.1) is 0 Å². The number of hydrogen-bond acceptors (Lipinski definition) is 3. The number of Topliss-reactive ketones (excluding diaryl/α,β-unsaturated/α-hetero) is 1. The molecular weight excluding hydrogens is 190 g/mol. The Balaban J connectivity index is 3.07. The second kappa shape index (κ2) is 3.33. The molecule has 0 aliphatic carbocycles. The van der Waals surface area contributed by atoms with Crippen LogP contribution in [0.25, 0.3) is 0 Å². The van der Waals surface area contributed by atoms with Crippen molar-refractivity contribution in [2.75, 3.05) is 6.26 Å². The molecule has 4 nitrogen and oxygen atoms in total. The number of nitrogens with one attached hydrogen (secondary N) is 1. The third kappa shape index (κ3) is 2.18. The molecule has 0 saturated carbocycles. The molecule has 1 N–H and O–H groups in total. The van der Waals surface area contributed by atoms with E-state index >= 15 is 0 Å². The lowest BCUT2D eigenvalue weighted by atomic mass is 10.2. The second-order valence-corrected chi connectivity index (χ2v) is 4.77. The quantitative estimate of drug-likeness (QED) is 0.742. The van der Waals surface area contributed by atoms with Crippen LogP contribution < -0.4 is 0 Å². The molecule has 5 heteroatoms. The zero-order valence-electron chi connectivity index (χ0n) is 7.49. The fourth-order valence-electron chi connectivity index (χ4n) is 0.944. The Hall–Kier alpha value is -1.10. The maximum atomic E-state index is 11.1. The highest BCUT2D eigenvalue weighted by Crippen LogP contribution is 2.09. The Morgan fingerprint density at radius 3 is 2.46 bits per heavy atom. The molecule has 0 spiro atoms. The van der Waals surface area contributed by atoms with E-state index in [-0.39, 0.29) is 10.8 Å². The first-order valence-corrected chi connectivity index (χ1v) is 5.76. The van der Waals surface area contributed by atoms with E-state index in [2.05, 4.69) is 4.98 Å². The molecule has 0 aliphatic heterocycles. The van der Waals surface area contributed by atoms with Crippen molar-refractivity contribution >= 4 is 15.6 Å². The largest absolute Gasteiger partial charge is 0.343 e. The van der Waals surface area contributed by atoms with Crippen molar-refractivity contribution < 1.29 is 13.2 Å². The van der Waals surface area contributed by atoms with Crippen LogP contribution in [-0.4, -0.2) is 25.4 Å². The average molecular weight is 201 g/mol. The maximum absolute atomic E-state index is 11.1. The Morgan fingerprint density at radius 1 is 1.46 bits per heavy atom. The predicted molar refractivity (Wildman–Crippen MR) is 48.5 cm³/mol. The zero-order valence-corrected chi connectivity index (χ0v) is 8.31. The molecule has 0 bridgehead atoms. The van der Waals surface area contributed by atoms with Crippen molar-refractivity contribution in [1.29, 1.82) is 0 Å². The molecule has 0 saturated heterocycles. The van der Waals surface area contributed by atoms with E-state index < -0.39 is 9.84 Å². The molecule has 0 aliphatic rings. The molecule has 1 aromatic heterocycles. The minimum absolute atomic E-state index is 0.0873. The maximum Gasteiger partial charge on any atom is 0.190 e. The summed E-state index contributed by atoms with van der Waals surface area (Å²) < 4.78 is 22.0. The predicted octanol–water partition coefficient (Wildman–Crippen LogP) is 1.01. The summed E-state index contributed by atoms with van der Waals surface area (Å²) in [7, 11) is -3.23. The SMILES string of the molecule is CCC(=O)c1ccc(S(C)(=O)=O)[nH]1. The highest BCUT2D eigenvalue weighted by Gasteiger charge is 2.12. The van der Waals surface area contributed by atoms with Crippen molar-refractivity contribution in [3.8, 4) is 0 Å². The van der Waals surface area contributed by atoms with Gasteiger partial charge < -0.3 is 4.98 Å². The van der Waals surface area contributed by atoms with Gasteiger partial charge in [0, 0.05) is 12.7 Å². The van der Waals surface area contributed by atoms with Crippen molar-refractivity contribution in [3.63, 3.8) is 0 Å². The first kappa shape index (κ1) is 9.98. The van der Waals surface area contributed by atoms with E-state index in [0.29, 0.717) is 12.1 Å². The molecule has 0 radical (unpaired) electrons. The number of sulfone groups is 1. The van der Waals surface area contributed by atoms with Crippen molar-refractivity contribution in [2.45, 2.75) is 18.4 Å². The number of hydrogen-bond donors (Lipinski definition) is 1. The summed E-state index contributed by atoms with van der Waals surface area (Å²) in [5.41, 5.74) is 0.350. The summed E-state index contributed by atoms with van der Waals surface area (Å²) in [6.45, 7) is 1.73. The van der Waals surface area contributed by atoms with Crippen LogP contribution in [0.4, 0.5) is 0 Å². The van der Waals surface area contributed by atoms with Crippen LogP contribution in [-0.2, 0) is 9.84 Å². The van der Waals surface area contributed by atoms with Crippen LogP contribution in [0.2, 0.25) is 0 Å². The average Bonchev–Trinajstić information content (AvgIpc) is 2.50. The number of ketones is 1. The highest BCUT2D eigenvalue weighted by atomic mass is 32.2. The Morgan fingerprint density at radius 2 is 2.08 bits per heavy atom. The summed E-state index contributed by atoms with van der Waals surface area (Å²) >= 11 is 0. The van der Waals surface area contributed by atoms with Crippen LogP contribution in [0.5, 0.6) is 0 Å². The Bertz CT molecular complexity index is 416. The molecule has 0 aromatic carbocycles. The van der Waals surface area contributed by atoms with Gasteiger partial charge in [-0.25, -0.2) is 8.42 Å². The number of rotatable bonds is 3. The third-order valence-electron chi connectivity index (χ3n) is 1.68. The van der Waals surface area contributed by atoms with Gasteiger partial charge in [0.2, 0.25) is 0 Å². The molecule has 0 amide bonds. The van der Waals surface area contributed by atoms with Gasteiger partial charge in [0.15, 0.2) is 15.6 Å². The summed E-state index contributed by atoms with van der Waals surface area (Å²) in [6, 6.07) is 2.89. The summed E-state index contributed by atoms with van der Waals surface area (Å²) in [4.78, 5) is 13.7. The molecule has 0 fully saturated rings. The van der Waals surface area contributed by atoms with E-state index in [4.69, 9.17) is 0 Å². The lowest BCUT2D eigenvalue weighted by Gasteiger charge is -1.93. The molecule has 0 unspecified atom stereocenters. The summed E-state index contributed by atoms with van der Waals surface area (Å²) in [5.74, 6) is -0.0881. The van der Waals surface area contributed by atoms with Gasteiger partial charge >= 0.3 is 0 Å². The van der Waals surface area contributed by atoms with E-state index in [0.717, 1.165) is 6.26 Å². The summed E-state index contributed by atoms with van der Waals surface area (Å²) in [5, 5.41) is 0.0873. The van der Waals surface area contributed by atoms with Crippen molar-refractivity contribution in [1.82, 2.24) is 4.98 Å². The molecule has 13 heavy (non-hydrogen) atoms. The fraction of sp³-hybridized carbons (Fsp3) is 0.375. The molecule has 1 heterocycles. The van der Waals surface area contributed by atoms with Gasteiger partial charge in [0.25, 0.3) is 0 Å². The smallest absolute Gasteiger partial charge is 0.190 e. The van der Waals surface area contributed by atoms with Gasteiger partial charge in [-0.1, -0.05) is 6.92 Å². The van der Waals surface area contributed by atoms with E-state index in [1.807, 2.05) is 0 Å². The van der Waals surface area contributed by atoms with E-state index in [1.165, 1.54) is 12.1 Å². The zero-order chi connectivity index (χ0) is 10.1. The number of aromatic amines is 1. The van der Waals surface area contributed by atoms with Gasteiger partial charge in [0.1, 0.15) is 5.03 Å². The Kier molecular flexibility index (Phi) is 2.56. The van der Waals surface area contributed by atoms with E-state index in [9.17, 15) is 13.2 Å². The fourth-order valence-corrected chi connectivity index (χ4v) is 1.56. The Labute approximate surface area is 76.9 Å². The highest BCUT2D eigenvalue weighted by molar-refractivity contribution is 7.90. The van der Waals surface area contributed by atoms with Crippen LogP contribution in [0, 0.1) is 0 Å². The van der Waals surface area contributed by atoms with Crippen LogP contribution >= 0.6 is 0 Å². The topological polar surface area (TPSA) is 67.0 Å². The molecule has 0 atom stereocenters. The van der Waals surface area contributed by atoms with Gasteiger partial charge in [-0.05, 0) is 12.1 Å². The van der Waals surface area contributed by atoms with Crippen molar-refractivity contribution in [3.05, 3.63) is 17.8 Å². The lowest BCUT2D eigenvalue weighted by molar-refractivity contribution is 0.0983. The summed E-state index contributed by atoms with van der Waals surface area (Å²) in [6.07, 6.45) is 1.46. The minimum Gasteiger partial charge on any atom is -0.343 e. The van der Waals surface area contributed by atoms with Gasteiger partial charge in [-0.2, -0.15) is 0 Å². The number of carbonyl (C=O) groups excluding carboxylic acids is 1. The van der Waals surface area contributed by atoms with Gasteiger partial charge in [0.05, 0.1) is 5.69 Å². The molecular formula is C8H11NO3S. The number of aromatic nitrogens is 1. The first-order valence-electron chi connectivity index (χ1n) is 3.87. The van der Waals surface area contributed by atoms with Crippen LogP contribution in [0.1, 0.15) is 23.8 Å². The van der Waals surface area contributed by atoms with Crippen molar-refractivity contribution in [2.24, 2.45) is 0 Å². The second-order valence-electron chi connectivity index (χ2n) is 2.79. The van der Waals surface area contributed by atoms with Gasteiger partial charge in [-0.3, -0.25) is 4.79 Å². The number of carbonyl (C=O) groups is 1. The third-order valence-corrected chi connectivity index (χ3v) is 2.72. The molecule has 72 valence electrons. The first-order chi connectivity index (χ1) is 5.95. The number of H-pyrrole nitrogens is 1. The standard InChI is InChI=1S/C8H11NO3S/c1-3-7(10)6-4-5-8(9-6)13(2,11)12/h4-5,9H,3H2,1-2H3.